The van der Waals surface area contributed by atoms with Crippen LogP contribution in [0.4, 0.5) is 5.69 Å². The molecule has 1 aromatic rings. The first-order chi connectivity index (χ1) is 7.62. The fraction of sp³-hybridized carbons (Fsp3) is 0.500. The maximum atomic E-state index is 9.03. The zero-order valence-electron chi connectivity index (χ0n) is 9.84. The van der Waals surface area contributed by atoms with E-state index in [2.05, 4.69) is 30.2 Å². The smallest absolute Gasteiger partial charge is 0.149 e. The van der Waals surface area contributed by atoms with Crippen LogP contribution >= 0.6 is 11.6 Å². The molecule has 0 amide bonds. The Bertz CT molecular complexity index is 405. The van der Waals surface area contributed by atoms with Gasteiger partial charge < -0.3 is 5.32 Å². The van der Waals surface area contributed by atoms with Gasteiger partial charge >= 0.3 is 0 Å². The number of hydrogen-bond donors (Lipinski definition) is 1. The van der Waals surface area contributed by atoms with Crippen LogP contribution in [0.15, 0.2) is 6.07 Å². The monoisotopic (exact) mass is 237 g/mol. The molecule has 1 rings (SSSR count). The molecule has 0 fully saturated rings. The number of anilines is 1. The molecule has 0 aromatic carbocycles. The largest absolute Gasteiger partial charge is 0.381 e. The molecule has 86 valence electrons. The maximum Gasteiger partial charge on any atom is 0.149 e. The van der Waals surface area contributed by atoms with Gasteiger partial charge in [0, 0.05) is 11.7 Å². The number of hydrogen-bond acceptors (Lipinski definition) is 3. The van der Waals surface area contributed by atoms with Crippen molar-refractivity contribution in [2.24, 2.45) is 0 Å². The summed E-state index contributed by atoms with van der Waals surface area (Å²) in [5.74, 6) is 0. The molecule has 4 heteroatoms. The van der Waals surface area contributed by atoms with Crippen molar-refractivity contribution in [2.75, 3.05) is 5.32 Å². The molecule has 0 unspecified atom stereocenters. The van der Waals surface area contributed by atoms with E-state index < -0.39 is 0 Å². The van der Waals surface area contributed by atoms with Crippen LogP contribution < -0.4 is 5.32 Å². The van der Waals surface area contributed by atoms with Crippen molar-refractivity contribution in [1.82, 2.24) is 4.98 Å². The van der Waals surface area contributed by atoms with Crippen LogP contribution in [0, 0.1) is 18.3 Å². The van der Waals surface area contributed by atoms with Crippen LogP contribution in [-0.2, 0) is 0 Å². The standard InChI is InChI=1S/C12H16ClN3/c1-4-9(5-2)16-11-6-8(3)15-12(13)10(11)7-14/h6,9H,4-5H2,1-3H3,(H,15,16). The third-order valence-corrected chi connectivity index (χ3v) is 2.83. The maximum absolute atomic E-state index is 9.03. The summed E-state index contributed by atoms with van der Waals surface area (Å²) in [6.07, 6.45) is 2.03. The zero-order chi connectivity index (χ0) is 12.1. The van der Waals surface area contributed by atoms with E-state index in [-0.39, 0.29) is 5.15 Å². The van der Waals surface area contributed by atoms with E-state index >= 15 is 0 Å². The highest BCUT2D eigenvalue weighted by molar-refractivity contribution is 6.31. The highest BCUT2D eigenvalue weighted by Gasteiger charge is 2.12. The quantitative estimate of drug-likeness (QED) is 0.816. The second-order valence-electron chi connectivity index (χ2n) is 3.75. The zero-order valence-corrected chi connectivity index (χ0v) is 10.6. The van der Waals surface area contributed by atoms with Crippen LogP contribution in [0.1, 0.15) is 37.9 Å². The van der Waals surface area contributed by atoms with Gasteiger partial charge in [0.15, 0.2) is 0 Å². The average molecular weight is 238 g/mol. The minimum atomic E-state index is 0.274. The van der Waals surface area contributed by atoms with E-state index in [9.17, 15) is 0 Å². The summed E-state index contributed by atoms with van der Waals surface area (Å²) in [7, 11) is 0. The summed E-state index contributed by atoms with van der Waals surface area (Å²) < 4.78 is 0. The summed E-state index contributed by atoms with van der Waals surface area (Å²) in [6, 6.07) is 4.32. The third kappa shape index (κ3) is 2.86. The number of aromatic nitrogens is 1. The van der Waals surface area contributed by atoms with Crippen molar-refractivity contribution in [3.05, 3.63) is 22.5 Å². The molecule has 0 bridgehead atoms. The first-order valence-corrected chi connectivity index (χ1v) is 5.83. The minimum absolute atomic E-state index is 0.274. The molecule has 0 spiro atoms. The Balaban J connectivity index is 3.07. The lowest BCUT2D eigenvalue weighted by Crippen LogP contribution is -2.18. The summed E-state index contributed by atoms with van der Waals surface area (Å²) in [4.78, 5) is 4.07. The fourth-order valence-electron chi connectivity index (χ4n) is 1.57. The summed E-state index contributed by atoms with van der Waals surface area (Å²) in [6.45, 7) is 6.09. The highest BCUT2D eigenvalue weighted by atomic mass is 35.5. The molecule has 1 heterocycles. The van der Waals surface area contributed by atoms with Crippen LogP contribution in [0.25, 0.3) is 0 Å². The van der Waals surface area contributed by atoms with E-state index in [0.29, 0.717) is 11.6 Å². The Hall–Kier alpha value is -1.27. The third-order valence-electron chi connectivity index (χ3n) is 2.56. The van der Waals surface area contributed by atoms with Crippen molar-refractivity contribution in [2.45, 2.75) is 39.7 Å². The Morgan fingerprint density at radius 3 is 2.62 bits per heavy atom. The molecule has 0 radical (unpaired) electrons. The van der Waals surface area contributed by atoms with E-state index in [1.165, 1.54) is 0 Å². The van der Waals surface area contributed by atoms with Crippen LogP contribution in [-0.4, -0.2) is 11.0 Å². The first kappa shape index (κ1) is 12.8. The summed E-state index contributed by atoms with van der Waals surface area (Å²) >= 11 is 5.93. The molecule has 0 aliphatic carbocycles. The van der Waals surface area contributed by atoms with Crippen molar-refractivity contribution in [3.63, 3.8) is 0 Å². The van der Waals surface area contributed by atoms with Gasteiger partial charge in [0.1, 0.15) is 16.8 Å². The van der Waals surface area contributed by atoms with E-state index in [4.69, 9.17) is 16.9 Å². The Kier molecular flexibility index (Phi) is 4.57. The molecule has 1 N–H and O–H groups in total. The predicted octanol–water partition coefficient (Wildman–Crippen LogP) is 3.52. The number of rotatable bonds is 4. The second kappa shape index (κ2) is 5.72. The normalized spacial score (nSPS) is 10.2. The lowest BCUT2D eigenvalue weighted by Gasteiger charge is -2.17. The van der Waals surface area contributed by atoms with Crippen molar-refractivity contribution < 1.29 is 0 Å². The van der Waals surface area contributed by atoms with E-state index in [1.807, 2.05) is 13.0 Å². The molecule has 0 aliphatic heterocycles. The topological polar surface area (TPSA) is 48.7 Å². The van der Waals surface area contributed by atoms with E-state index in [1.54, 1.807) is 0 Å². The van der Waals surface area contributed by atoms with Gasteiger partial charge in [-0.1, -0.05) is 25.4 Å². The number of halogens is 1. The van der Waals surface area contributed by atoms with Crippen molar-refractivity contribution >= 4 is 17.3 Å². The van der Waals surface area contributed by atoms with Gasteiger partial charge in [-0.05, 0) is 25.8 Å². The van der Waals surface area contributed by atoms with Gasteiger partial charge in [0.2, 0.25) is 0 Å². The van der Waals surface area contributed by atoms with E-state index in [0.717, 1.165) is 24.2 Å². The Labute approximate surface area is 101 Å². The van der Waals surface area contributed by atoms with Gasteiger partial charge in [0.25, 0.3) is 0 Å². The SMILES string of the molecule is CCC(CC)Nc1cc(C)nc(Cl)c1C#N. The lowest BCUT2D eigenvalue weighted by atomic mass is 10.1. The molecule has 0 atom stereocenters. The van der Waals surface area contributed by atoms with Crippen molar-refractivity contribution in [1.29, 1.82) is 5.26 Å². The average Bonchev–Trinajstić information content (AvgIpc) is 2.25. The fourth-order valence-corrected chi connectivity index (χ4v) is 1.85. The van der Waals surface area contributed by atoms with Gasteiger partial charge in [-0.3, -0.25) is 0 Å². The number of nitriles is 1. The van der Waals surface area contributed by atoms with Crippen LogP contribution in [0.5, 0.6) is 0 Å². The molecule has 0 aliphatic rings. The van der Waals surface area contributed by atoms with Gasteiger partial charge in [-0.25, -0.2) is 4.98 Å². The first-order valence-electron chi connectivity index (χ1n) is 5.46. The second-order valence-corrected chi connectivity index (χ2v) is 4.10. The van der Waals surface area contributed by atoms with Gasteiger partial charge in [0.05, 0.1) is 5.69 Å². The molecule has 1 aromatic heterocycles. The molecule has 0 saturated carbocycles. The van der Waals surface area contributed by atoms with Crippen LogP contribution in [0.2, 0.25) is 5.15 Å². The molecule has 0 saturated heterocycles. The molecule has 16 heavy (non-hydrogen) atoms. The molecular formula is C12H16ClN3. The molecular weight excluding hydrogens is 222 g/mol. The Morgan fingerprint density at radius 1 is 1.50 bits per heavy atom. The lowest BCUT2D eigenvalue weighted by molar-refractivity contribution is 0.671. The molecule has 3 nitrogen and oxygen atoms in total. The minimum Gasteiger partial charge on any atom is -0.381 e. The van der Waals surface area contributed by atoms with Gasteiger partial charge in [-0.2, -0.15) is 5.26 Å². The Morgan fingerprint density at radius 2 is 2.12 bits per heavy atom. The van der Waals surface area contributed by atoms with Gasteiger partial charge in [-0.15, -0.1) is 0 Å². The highest BCUT2D eigenvalue weighted by Crippen LogP contribution is 2.24. The number of pyridine rings is 1. The summed E-state index contributed by atoms with van der Waals surface area (Å²) in [5.41, 5.74) is 2.03. The van der Waals surface area contributed by atoms with Crippen molar-refractivity contribution in [3.8, 4) is 6.07 Å². The number of aryl methyl sites for hydroxylation is 1. The summed E-state index contributed by atoms with van der Waals surface area (Å²) in [5, 5.41) is 12.6. The van der Waals surface area contributed by atoms with Crippen LogP contribution in [0.3, 0.4) is 0 Å². The predicted molar refractivity (Wildman–Crippen MR) is 66.7 cm³/mol. The number of nitrogens with zero attached hydrogens (tertiary/aromatic N) is 2. The number of nitrogens with one attached hydrogen (secondary N) is 1.